The number of pyridine rings is 3. The Bertz CT molecular complexity index is 2070. The van der Waals surface area contributed by atoms with Crippen LogP contribution in [0.4, 0.5) is 10.1 Å². The maximum Gasteiger partial charge on any atom is 0.224 e. The van der Waals surface area contributed by atoms with E-state index in [1.54, 1.807) is 24.8 Å². The molecule has 3 N–H and O–H groups in total. The lowest BCUT2D eigenvalue weighted by molar-refractivity contribution is -0.117. The number of likely N-dealkylation sites (tertiary alicyclic amines) is 1. The Kier molecular flexibility index (Phi) is 8.15. The summed E-state index contributed by atoms with van der Waals surface area (Å²) in [7, 11) is 0. The van der Waals surface area contributed by atoms with Gasteiger partial charge in [-0.05, 0) is 78.9 Å². The van der Waals surface area contributed by atoms with E-state index in [-0.39, 0.29) is 17.1 Å². The molecule has 1 aliphatic heterocycles. The Balaban J connectivity index is 1.17. The van der Waals surface area contributed by atoms with Gasteiger partial charge in [-0.25, -0.2) is 9.37 Å². The summed E-state index contributed by atoms with van der Waals surface area (Å²) in [6.07, 6.45) is 9.62. The van der Waals surface area contributed by atoms with Crippen LogP contribution in [-0.2, 0) is 4.79 Å². The van der Waals surface area contributed by atoms with Gasteiger partial charge < -0.3 is 15.0 Å². The van der Waals surface area contributed by atoms with Gasteiger partial charge in [-0.2, -0.15) is 5.10 Å². The highest BCUT2D eigenvalue weighted by Crippen LogP contribution is 2.35. The van der Waals surface area contributed by atoms with Crippen molar-refractivity contribution in [3.05, 3.63) is 73.1 Å². The highest BCUT2D eigenvalue weighted by Gasteiger charge is 2.18. The number of ether oxygens (including phenoxy) is 1. The Hall–Kier alpha value is -5.16. The molecule has 10 nitrogen and oxygen atoms in total. The molecule has 0 bridgehead atoms. The molecule has 7 rings (SSSR count). The van der Waals surface area contributed by atoms with Gasteiger partial charge in [-0.1, -0.05) is 20.8 Å². The molecule has 5 aromatic heterocycles. The van der Waals surface area contributed by atoms with E-state index in [1.165, 1.54) is 25.0 Å². The molecular formula is C36H37FN8O2. The number of hydrogen-bond acceptors (Lipinski definition) is 7. The van der Waals surface area contributed by atoms with Crippen LogP contribution in [0.3, 0.4) is 0 Å². The predicted octanol–water partition coefficient (Wildman–Crippen LogP) is 7.22. The second kappa shape index (κ2) is 12.6. The van der Waals surface area contributed by atoms with Crippen molar-refractivity contribution in [1.82, 2.24) is 35.0 Å². The molecule has 0 spiro atoms. The predicted molar refractivity (Wildman–Crippen MR) is 181 cm³/mol. The normalized spacial score (nSPS) is 13.9. The van der Waals surface area contributed by atoms with Gasteiger partial charge in [0.25, 0.3) is 0 Å². The van der Waals surface area contributed by atoms with Crippen molar-refractivity contribution in [3.8, 4) is 39.5 Å². The standard InChI is InChI=1S/C36H37FN8O2/c1-36(2,3)18-33(46)41-25-13-23(19-38-20-25)30-17-29-32(21-40-30)43-44-34(29)31-16-28-27(6-7-39-35(28)42-31)22-12-24(37)15-26(14-22)47-11-10-45-8-4-5-9-45/h6-7,12-17,19-21H,4-5,8-11,18H2,1-3H3,(H,39,42)(H,41,46)(H,43,44). The number of nitrogens with one attached hydrogen (secondary N) is 3. The fraction of sp³-hybridized carbons (Fsp3) is 0.306. The minimum atomic E-state index is -0.356. The molecule has 240 valence electrons. The number of H-pyrrole nitrogens is 2. The number of carbonyl (C=O) groups excluding carboxylic acids is 1. The molecule has 0 unspecified atom stereocenters. The van der Waals surface area contributed by atoms with Crippen molar-refractivity contribution in [2.45, 2.75) is 40.0 Å². The quantitative estimate of drug-likeness (QED) is 0.154. The number of aromatic amines is 2. The molecule has 1 aromatic carbocycles. The number of rotatable bonds is 9. The summed E-state index contributed by atoms with van der Waals surface area (Å²) in [4.78, 5) is 31.8. The lowest BCUT2D eigenvalue weighted by atomic mass is 9.92. The van der Waals surface area contributed by atoms with Crippen molar-refractivity contribution >= 4 is 33.5 Å². The SMILES string of the molecule is CC(C)(C)CC(=O)Nc1cncc(-c2cc3c(-c4cc5c(-c6cc(F)cc(OCCN7CCCC7)c6)ccnc5[nH]4)n[nH]c3cn2)c1. The van der Waals surface area contributed by atoms with Crippen molar-refractivity contribution < 1.29 is 13.9 Å². The first kappa shape index (κ1) is 30.5. The fourth-order valence-electron chi connectivity index (χ4n) is 6.12. The van der Waals surface area contributed by atoms with E-state index in [0.29, 0.717) is 47.1 Å². The van der Waals surface area contributed by atoms with E-state index >= 15 is 0 Å². The third-order valence-corrected chi connectivity index (χ3v) is 8.30. The average molecular weight is 633 g/mol. The summed E-state index contributed by atoms with van der Waals surface area (Å²) in [6.45, 7) is 9.60. The first-order valence-electron chi connectivity index (χ1n) is 15.9. The summed E-state index contributed by atoms with van der Waals surface area (Å²) < 4.78 is 20.8. The van der Waals surface area contributed by atoms with Crippen LogP contribution >= 0.6 is 0 Å². The second-order valence-electron chi connectivity index (χ2n) is 13.3. The van der Waals surface area contributed by atoms with Crippen LogP contribution in [0.25, 0.3) is 55.7 Å². The van der Waals surface area contributed by atoms with E-state index < -0.39 is 0 Å². The Morgan fingerprint density at radius 3 is 2.68 bits per heavy atom. The van der Waals surface area contributed by atoms with Gasteiger partial charge in [0, 0.05) is 47.8 Å². The molecule has 0 radical (unpaired) electrons. The number of benzene rings is 1. The number of amides is 1. The maximum atomic E-state index is 14.8. The van der Waals surface area contributed by atoms with Gasteiger partial charge in [0.1, 0.15) is 29.5 Å². The van der Waals surface area contributed by atoms with Gasteiger partial charge in [0.05, 0.1) is 35.0 Å². The van der Waals surface area contributed by atoms with E-state index in [4.69, 9.17) is 4.74 Å². The summed E-state index contributed by atoms with van der Waals surface area (Å²) in [6, 6.07) is 12.5. The highest BCUT2D eigenvalue weighted by atomic mass is 19.1. The minimum absolute atomic E-state index is 0.0664. The zero-order valence-corrected chi connectivity index (χ0v) is 26.7. The topological polar surface area (TPSA) is 125 Å². The monoisotopic (exact) mass is 632 g/mol. The molecule has 11 heteroatoms. The number of aromatic nitrogens is 6. The van der Waals surface area contributed by atoms with E-state index in [0.717, 1.165) is 52.7 Å². The van der Waals surface area contributed by atoms with Gasteiger partial charge in [-0.15, -0.1) is 0 Å². The number of hydrogen-bond donors (Lipinski definition) is 3. The second-order valence-corrected chi connectivity index (χ2v) is 13.3. The average Bonchev–Trinajstić information content (AvgIpc) is 3.79. The minimum Gasteiger partial charge on any atom is -0.492 e. The van der Waals surface area contributed by atoms with E-state index in [1.807, 2.05) is 51.1 Å². The van der Waals surface area contributed by atoms with Gasteiger partial charge in [0.2, 0.25) is 5.91 Å². The fourth-order valence-corrected chi connectivity index (χ4v) is 6.12. The first-order valence-corrected chi connectivity index (χ1v) is 15.9. The number of halogens is 1. The third-order valence-electron chi connectivity index (χ3n) is 8.30. The van der Waals surface area contributed by atoms with Crippen LogP contribution in [0.15, 0.2) is 67.3 Å². The lowest BCUT2D eigenvalue weighted by Crippen LogP contribution is -2.25. The van der Waals surface area contributed by atoms with Crippen LogP contribution < -0.4 is 10.1 Å². The van der Waals surface area contributed by atoms with Crippen molar-refractivity contribution in [2.24, 2.45) is 5.41 Å². The number of anilines is 1. The van der Waals surface area contributed by atoms with E-state index in [9.17, 15) is 9.18 Å². The van der Waals surface area contributed by atoms with Crippen LogP contribution in [0.2, 0.25) is 0 Å². The smallest absolute Gasteiger partial charge is 0.224 e. The molecule has 6 heterocycles. The van der Waals surface area contributed by atoms with Crippen molar-refractivity contribution in [2.75, 3.05) is 31.6 Å². The summed E-state index contributed by atoms with van der Waals surface area (Å²) in [5.41, 5.74) is 6.34. The summed E-state index contributed by atoms with van der Waals surface area (Å²) in [5.74, 6) is 0.0823. The Morgan fingerprint density at radius 2 is 1.85 bits per heavy atom. The molecule has 1 fully saturated rings. The van der Waals surface area contributed by atoms with Gasteiger partial charge >= 0.3 is 0 Å². The summed E-state index contributed by atoms with van der Waals surface area (Å²) >= 11 is 0. The lowest BCUT2D eigenvalue weighted by Gasteiger charge is -2.17. The summed E-state index contributed by atoms with van der Waals surface area (Å²) in [5, 5.41) is 12.3. The Labute approximate surface area is 271 Å². The van der Waals surface area contributed by atoms with Gasteiger partial charge in [0.15, 0.2) is 0 Å². The molecule has 6 aromatic rings. The number of carbonyl (C=O) groups is 1. The molecule has 1 aliphatic rings. The Morgan fingerprint density at radius 1 is 1.00 bits per heavy atom. The third kappa shape index (κ3) is 6.85. The largest absolute Gasteiger partial charge is 0.492 e. The molecule has 0 saturated carbocycles. The van der Waals surface area contributed by atoms with Crippen molar-refractivity contribution in [3.63, 3.8) is 0 Å². The zero-order chi connectivity index (χ0) is 32.5. The molecule has 0 atom stereocenters. The molecule has 1 amide bonds. The molecule has 47 heavy (non-hydrogen) atoms. The maximum absolute atomic E-state index is 14.8. The van der Waals surface area contributed by atoms with Crippen LogP contribution in [0.1, 0.15) is 40.0 Å². The van der Waals surface area contributed by atoms with Crippen LogP contribution in [0, 0.1) is 11.2 Å². The van der Waals surface area contributed by atoms with Crippen LogP contribution in [-0.4, -0.2) is 67.2 Å². The molecule has 1 saturated heterocycles. The zero-order valence-electron chi connectivity index (χ0n) is 26.7. The van der Waals surface area contributed by atoms with Crippen molar-refractivity contribution in [1.29, 1.82) is 0 Å². The highest BCUT2D eigenvalue weighted by molar-refractivity contribution is 6.00. The molecular weight excluding hydrogens is 595 g/mol. The number of nitrogens with zero attached hydrogens (tertiary/aromatic N) is 5. The molecule has 0 aliphatic carbocycles. The first-order chi connectivity index (χ1) is 22.7. The number of fused-ring (bicyclic) bond motifs is 2. The van der Waals surface area contributed by atoms with E-state index in [2.05, 4.69) is 40.3 Å². The van der Waals surface area contributed by atoms with Crippen LogP contribution in [0.5, 0.6) is 5.75 Å². The van der Waals surface area contributed by atoms with Gasteiger partial charge in [-0.3, -0.25) is 24.8 Å².